The van der Waals surface area contributed by atoms with Crippen LogP contribution in [0.2, 0.25) is 0 Å². The number of rotatable bonds is 1. The molecule has 0 saturated carbocycles. The van der Waals surface area contributed by atoms with Gasteiger partial charge in [0.15, 0.2) is 0 Å². The Morgan fingerprint density at radius 1 is 1.67 bits per heavy atom. The lowest BCUT2D eigenvalue weighted by Crippen LogP contribution is -2.57. The van der Waals surface area contributed by atoms with Crippen molar-refractivity contribution in [1.82, 2.24) is 0 Å². The lowest BCUT2D eigenvalue weighted by molar-refractivity contribution is -0.141. The zero-order chi connectivity index (χ0) is 9.35. The van der Waals surface area contributed by atoms with Crippen LogP contribution >= 0.6 is 11.6 Å². The van der Waals surface area contributed by atoms with E-state index in [0.717, 1.165) is 0 Å². The van der Waals surface area contributed by atoms with Gasteiger partial charge < -0.3 is 16.6 Å². The first kappa shape index (κ1) is 9.25. The van der Waals surface area contributed by atoms with Crippen LogP contribution in [0.3, 0.4) is 0 Å². The number of carboxylic acid groups (broad SMARTS) is 1. The highest BCUT2D eigenvalue weighted by Crippen LogP contribution is 2.27. The van der Waals surface area contributed by atoms with Crippen LogP contribution in [0.4, 0.5) is 0 Å². The number of hydrogen-bond donors (Lipinski definition) is 3. The number of allylic oxidation sites excluding steroid dienone is 2. The van der Waals surface area contributed by atoms with E-state index < -0.39 is 17.6 Å². The van der Waals surface area contributed by atoms with Crippen LogP contribution in [0.5, 0.6) is 0 Å². The smallest absolute Gasteiger partial charge is 0.315 e. The van der Waals surface area contributed by atoms with E-state index in [1.54, 1.807) is 6.08 Å². The fourth-order valence-electron chi connectivity index (χ4n) is 1.07. The SMILES string of the molecule is NC1(N)C=CC=C(Cl)C1C(=O)O. The van der Waals surface area contributed by atoms with E-state index in [2.05, 4.69) is 0 Å². The molecule has 0 spiro atoms. The van der Waals surface area contributed by atoms with Crippen LogP contribution in [0, 0.1) is 5.92 Å². The van der Waals surface area contributed by atoms with Gasteiger partial charge in [-0.1, -0.05) is 17.7 Å². The largest absolute Gasteiger partial charge is 0.481 e. The fourth-order valence-corrected chi connectivity index (χ4v) is 1.42. The van der Waals surface area contributed by atoms with Crippen LogP contribution in [0.25, 0.3) is 0 Å². The number of nitrogens with two attached hydrogens (primary N) is 2. The summed E-state index contributed by atoms with van der Waals surface area (Å²) in [5.74, 6) is -2.17. The minimum Gasteiger partial charge on any atom is -0.481 e. The van der Waals surface area contributed by atoms with Crippen LogP contribution in [0.15, 0.2) is 23.3 Å². The first-order valence-corrected chi connectivity index (χ1v) is 3.68. The monoisotopic (exact) mass is 188 g/mol. The summed E-state index contributed by atoms with van der Waals surface area (Å²) in [6, 6.07) is 0. The number of carbonyl (C=O) groups is 1. The number of hydrogen-bond acceptors (Lipinski definition) is 3. The molecule has 5 N–H and O–H groups in total. The van der Waals surface area contributed by atoms with Crippen LogP contribution in [-0.4, -0.2) is 16.7 Å². The minimum absolute atomic E-state index is 0.148. The summed E-state index contributed by atoms with van der Waals surface area (Å²) >= 11 is 5.63. The van der Waals surface area contributed by atoms with Crippen molar-refractivity contribution in [2.24, 2.45) is 17.4 Å². The molecule has 0 aromatic rings. The molecule has 0 bridgehead atoms. The highest BCUT2D eigenvalue weighted by atomic mass is 35.5. The predicted molar refractivity (Wildman–Crippen MR) is 45.3 cm³/mol. The minimum atomic E-state index is -1.39. The molecule has 1 atom stereocenters. The molecule has 12 heavy (non-hydrogen) atoms. The summed E-state index contributed by atoms with van der Waals surface area (Å²) in [4.78, 5) is 10.7. The van der Waals surface area contributed by atoms with Crippen molar-refractivity contribution >= 4 is 17.6 Å². The Labute approximate surface area is 74.5 Å². The molecule has 1 unspecified atom stereocenters. The third kappa shape index (κ3) is 1.50. The van der Waals surface area contributed by atoms with Gasteiger partial charge in [0.1, 0.15) is 11.6 Å². The topological polar surface area (TPSA) is 89.3 Å². The van der Waals surface area contributed by atoms with E-state index >= 15 is 0 Å². The second kappa shape index (κ2) is 2.90. The van der Waals surface area contributed by atoms with Gasteiger partial charge in [-0.25, -0.2) is 0 Å². The second-order valence-electron chi connectivity index (χ2n) is 2.68. The molecule has 5 heteroatoms. The second-order valence-corrected chi connectivity index (χ2v) is 3.12. The van der Waals surface area contributed by atoms with Gasteiger partial charge in [-0.15, -0.1) is 0 Å². The molecule has 0 aromatic carbocycles. The van der Waals surface area contributed by atoms with Gasteiger partial charge in [-0.2, -0.15) is 0 Å². The summed E-state index contributed by atoms with van der Waals surface area (Å²) in [6.45, 7) is 0. The van der Waals surface area contributed by atoms with Crippen LogP contribution in [0.1, 0.15) is 0 Å². The molecule has 4 nitrogen and oxygen atoms in total. The first-order valence-electron chi connectivity index (χ1n) is 3.30. The molecule has 0 heterocycles. The van der Waals surface area contributed by atoms with Crippen molar-refractivity contribution in [1.29, 1.82) is 0 Å². The third-order valence-electron chi connectivity index (χ3n) is 1.66. The molecule has 0 radical (unpaired) electrons. The lowest BCUT2D eigenvalue weighted by atomic mass is 9.90. The van der Waals surface area contributed by atoms with E-state index in [9.17, 15) is 4.79 Å². The van der Waals surface area contributed by atoms with Gasteiger partial charge in [0.2, 0.25) is 0 Å². The number of aliphatic carboxylic acids is 1. The van der Waals surface area contributed by atoms with Gasteiger partial charge in [-0.3, -0.25) is 4.79 Å². The van der Waals surface area contributed by atoms with E-state index in [4.69, 9.17) is 28.2 Å². The molecule has 0 saturated heterocycles. The van der Waals surface area contributed by atoms with Crippen LogP contribution < -0.4 is 11.5 Å². The fraction of sp³-hybridized carbons (Fsp3) is 0.286. The molecule has 1 aliphatic carbocycles. The van der Waals surface area contributed by atoms with E-state index in [0.29, 0.717) is 0 Å². The Balaban J connectivity index is 3.03. The number of halogens is 1. The van der Waals surface area contributed by atoms with Crippen molar-refractivity contribution in [3.63, 3.8) is 0 Å². The zero-order valence-corrected chi connectivity index (χ0v) is 6.95. The molecule has 0 aliphatic heterocycles. The van der Waals surface area contributed by atoms with E-state index in [1.165, 1.54) is 12.2 Å². The summed E-state index contributed by atoms with van der Waals surface area (Å²) in [7, 11) is 0. The van der Waals surface area contributed by atoms with Crippen LogP contribution in [-0.2, 0) is 4.79 Å². The molecule has 0 aromatic heterocycles. The Morgan fingerprint density at radius 3 is 2.58 bits per heavy atom. The standard InChI is InChI=1S/C7H9ClN2O2/c8-4-2-1-3-7(9,10)5(4)6(11)12/h1-3,5H,9-10H2,(H,11,12). The maximum Gasteiger partial charge on any atom is 0.315 e. The molecule has 66 valence electrons. The molecule has 0 amide bonds. The Kier molecular flexibility index (Phi) is 2.23. The Bertz CT molecular complexity index is 271. The maximum absolute atomic E-state index is 10.7. The van der Waals surface area contributed by atoms with Crippen molar-refractivity contribution in [2.45, 2.75) is 5.66 Å². The Morgan fingerprint density at radius 2 is 2.25 bits per heavy atom. The quantitative estimate of drug-likeness (QED) is 0.505. The Hall–Kier alpha value is -0.840. The average molecular weight is 189 g/mol. The summed E-state index contributed by atoms with van der Waals surface area (Å²) in [6.07, 6.45) is 4.43. The highest BCUT2D eigenvalue weighted by molar-refractivity contribution is 6.31. The van der Waals surface area contributed by atoms with Crippen molar-refractivity contribution in [3.8, 4) is 0 Å². The highest BCUT2D eigenvalue weighted by Gasteiger charge is 2.38. The van der Waals surface area contributed by atoms with Crippen molar-refractivity contribution in [2.75, 3.05) is 0 Å². The molecular formula is C7H9ClN2O2. The predicted octanol–water partition coefficient (Wildman–Crippen LogP) is -0.00660. The van der Waals surface area contributed by atoms with E-state index in [1.807, 2.05) is 0 Å². The normalized spacial score (nSPS) is 26.6. The summed E-state index contributed by atoms with van der Waals surface area (Å²) in [5.41, 5.74) is 9.61. The third-order valence-corrected chi connectivity index (χ3v) is 2.01. The summed E-state index contributed by atoms with van der Waals surface area (Å²) < 4.78 is 0. The zero-order valence-electron chi connectivity index (χ0n) is 6.20. The molecule has 0 fully saturated rings. The van der Waals surface area contributed by atoms with Gasteiger partial charge in [0, 0.05) is 5.03 Å². The van der Waals surface area contributed by atoms with Crippen molar-refractivity contribution in [3.05, 3.63) is 23.3 Å². The molecule has 1 rings (SSSR count). The molecule has 1 aliphatic rings. The van der Waals surface area contributed by atoms with Gasteiger partial charge in [0.05, 0.1) is 0 Å². The summed E-state index contributed by atoms with van der Waals surface area (Å²) in [5, 5.41) is 8.87. The van der Waals surface area contributed by atoms with Gasteiger partial charge in [-0.05, 0) is 12.2 Å². The van der Waals surface area contributed by atoms with E-state index in [-0.39, 0.29) is 5.03 Å². The van der Waals surface area contributed by atoms with Gasteiger partial charge in [0.25, 0.3) is 0 Å². The first-order chi connectivity index (χ1) is 5.45. The number of carboxylic acids is 1. The maximum atomic E-state index is 10.7. The molecular weight excluding hydrogens is 180 g/mol. The van der Waals surface area contributed by atoms with Gasteiger partial charge >= 0.3 is 5.97 Å². The lowest BCUT2D eigenvalue weighted by Gasteiger charge is -2.29. The van der Waals surface area contributed by atoms with Crippen molar-refractivity contribution < 1.29 is 9.90 Å². The average Bonchev–Trinajstić information content (AvgIpc) is 1.82.